The second kappa shape index (κ2) is 7.04. The predicted octanol–water partition coefficient (Wildman–Crippen LogP) is 1.90. The molecule has 0 aliphatic heterocycles. The van der Waals surface area contributed by atoms with Gasteiger partial charge in [-0.2, -0.15) is 5.26 Å². The van der Waals surface area contributed by atoms with Gasteiger partial charge in [0, 0.05) is 12.6 Å². The molecular formula is C13H17ClN2O3S. The lowest BCUT2D eigenvalue weighted by Gasteiger charge is -2.21. The van der Waals surface area contributed by atoms with Gasteiger partial charge in [-0.25, -0.2) is 13.1 Å². The first-order valence-corrected chi connectivity index (χ1v) is 8.00. The third kappa shape index (κ3) is 4.18. The molecule has 1 aromatic rings. The zero-order chi connectivity index (χ0) is 15.3. The van der Waals surface area contributed by atoms with Gasteiger partial charge in [0.15, 0.2) is 0 Å². The van der Waals surface area contributed by atoms with E-state index in [0.717, 1.165) is 0 Å². The van der Waals surface area contributed by atoms with E-state index in [1.54, 1.807) is 0 Å². The van der Waals surface area contributed by atoms with Crippen LogP contribution in [0.5, 0.6) is 0 Å². The summed E-state index contributed by atoms with van der Waals surface area (Å²) in [6.45, 7) is 3.60. The molecule has 0 aromatic heterocycles. The minimum absolute atomic E-state index is 0.0230. The highest BCUT2D eigenvalue weighted by Gasteiger charge is 2.24. The van der Waals surface area contributed by atoms with Crippen LogP contribution in [0.3, 0.4) is 0 Å². The number of benzene rings is 1. The number of aliphatic hydroxyl groups is 1. The Labute approximate surface area is 124 Å². The molecule has 0 fully saturated rings. The van der Waals surface area contributed by atoms with Crippen molar-refractivity contribution in [3.05, 3.63) is 28.8 Å². The fourth-order valence-electron chi connectivity index (χ4n) is 1.71. The molecule has 110 valence electrons. The topological polar surface area (TPSA) is 90.2 Å². The standard InChI is InChI=1S/C13H17ClN2O3S/c1-9(2)12(5-6-17)16-20(18,19)13-7-10(8-15)3-4-11(13)14/h3-4,7,9,12,16-17H,5-6H2,1-2H3. The van der Waals surface area contributed by atoms with E-state index in [1.807, 2.05) is 19.9 Å². The smallest absolute Gasteiger partial charge is 0.242 e. The van der Waals surface area contributed by atoms with Crippen molar-refractivity contribution in [2.75, 3.05) is 6.61 Å². The Bertz CT molecular complexity index is 609. The molecule has 20 heavy (non-hydrogen) atoms. The second-order valence-corrected chi connectivity index (χ2v) is 6.83. The number of nitriles is 1. The molecule has 0 bridgehead atoms. The van der Waals surface area contributed by atoms with Crippen molar-refractivity contribution in [3.8, 4) is 6.07 Å². The van der Waals surface area contributed by atoms with Gasteiger partial charge in [-0.15, -0.1) is 0 Å². The first-order chi connectivity index (χ1) is 9.31. The normalized spacial score (nSPS) is 13.2. The average molecular weight is 317 g/mol. The molecule has 0 saturated carbocycles. The number of hydrogen-bond donors (Lipinski definition) is 2. The van der Waals surface area contributed by atoms with Gasteiger partial charge in [0.1, 0.15) is 4.90 Å². The van der Waals surface area contributed by atoms with Crippen LogP contribution in [0.4, 0.5) is 0 Å². The van der Waals surface area contributed by atoms with Gasteiger partial charge in [0.25, 0.3) is 0 Å². The van der Waals surface area contributed by atoms with Crippen LogP contribution in [0.1, 0.15) is 25.8 Å². The molecule has 5 nitrogen and oxygen atoms in total. The van der Waals surface area contributed by atoms with Crippen LogP contribution in [-0.2, 0) is 10.0 Å². The summed E-state index contributed by atoms with van der Waals surface area (Å²) >= 11 is 5.90. The highest BCUT2D eigenvalue weighted by Crippen LogP contribution is 2.23. The first-order valence-electron chi connectivity index (χ1n) is 6.14. The van der Waals surface area contributed by atoms with Crippen molar-refractivity contribution in [1.82, 2.24) is 4.72 Å². The minimum atomic E-state index is -3.83. The van der Waals surface area contributed by atoms with Gasteiger partial charge in [-0.3, -0.25) is 0 Å². The molecule has 1 unspecified atom stereocenters. The van der Waals surface area contributed by atoms with E-state index in [1.165, 1.54) is 18.2 Å². The van der Waals surface area contributed by atoms with Crippen LogP contribution in [0.15, 0.2) is 23.1 Å². The third-order valence-corrected chi connectivity index (χ3v) is 4.87. The first kappa shape index (κ1) is 16.9. The molecule has 0 aliphatic carbocycles. The van der Waals surface area contributed by atoms with E-state index in [-0.39, 0.29) is 28.0 Å². The molecule has 0 aliphatic rings. The summed E-state index contributed by atoms with van der Waals surface area (Å²) in [5, 5.41) is 17.9. The van der Waals surface area contributed by atoms with Crippen LogP contribution in [0.2, 0.25) is 5.02 Å². The molecule has 7 heteroatoms. The van der Waals surface area contributed by atoms with E-state index in [9.17, 15) is 8.42 Å². The molecule has 2 N–H and O–H groups in total. The van der Waals surface area contributed by atoms with Crippen LogP contribution < -0.4 is 4.72 Å². The lowest BCUT2D eigenvalue weighted by molar-refractivity contribution is 0.256. The number of rotatable bonds is 6. The molecule has 1 rings (SSSR count). The monoisotopic (exact) mass is 316 g/mol. The van der Waals surface area contributed by atoms with Gasteiger partial charge >= 0.3 is 0 Å². The van der Waals surface area contributed by atoms with Crippen molar-refractivity contribution in [3.63, 3.8) is 0 Å². The van der Waals surface area contributed by atoms with Crippen LogP contribution >= 0.6 is 11.6 Å². The maximum atomic E-state index is 12.3. The molecular weight excluding hydrogens is 300 g/mol. The summed E-state index contributed by atoms with van der Waals surface area (Å²) < 4.78 is 27.2. The number of halogens is 1. The summed E-state index contributed by atoms with van der Waals surface area (Å²) in [7, 11) is -3.83. The summed E-state index contributed by atoms with van der Waals surface area (Å²) in [6, 6.07) is 5.55. The van der Waals surface area contributed by atoms with Crippen molar-refractivity contribution in [2.24, 2.45) is 5.92 Å². The molecule has 0 saturated heterocycles. The van der Waals surface area contributed by atoms with Gasteiger partial charge in [-0.1, -0.05) is 25.4 Å². The van der Waals surface area contributed by atoms with Crippen LogP contribution in [-0.4, -0.2) is 26.2 Å². The lowest BCUT2D eigenvalue weighted by Crippen LogP contribution is -2.39. The van der Waals surface area contributed by atoms with E-state index >= 15 is 0 Å². The van der Waals surface area contributed by atoms with Crippen LogP contribution in [0.25, 0.3) is 0 Å². The zero-order valence-corrected chi connectivity index (χ0v) is 12.9. The predicted molar refractivity (Wildman–Crippen MR) is 76.8 cm³/mol. The fraction of sp³-hybridized carbons (Fsp3) is 0.462. The number of nitrogens with one attached hydrogen (secondary N) is 1. The third-order valence-electron chi connectivity index (χ3n) is 2.90. The molecule has 0 spiro atoms. The summed E-state index contributed by atoms with van der Waals surface area (Å²) in [5.41, 5.74) is 0.220. The number of nitrogens with zero attached hydrogens (tertiary/aromatic N) is 1. The highest BCUT2D eigenvalue weighted by molar-refractivity contribution is 7.89. The summed E-state index contributed by atoms with van der Waals surface area (Å²) in [4.78, 5) is -0.123. The summed E-state index contributed by atoms with van der Waals surface area (Å²) in [6.07, 6.45) is 0.312. The molecule has 0 heterocycles. The zero-order valence-electron chi connectivity index (χ0n) is 11.3. The Morgan fingerprint density at radius 1 is 1.45 bits per heavy atom. The Morgan fingerprint density at radius 3 is 2.60 bits per heavy atom. The average Bonchev–Trinajstić information content (AvgIpc) is 2.38. The fourth-order valence-corrected chi connectivity index (χ4v) is 3.65. The molecule has 1 aromatic carbocycles. The maximum absolute atomic E-state index is 12.3. The van der Waals surface area contributed by atoms with Gasteiger partial charge in [0.2, 0.25) is 10.0 Å². The van der Waals surface area contributed by atoms with Gasteiger partial charge in [-0.05, 0) is 30.5 Å². The van der Waals surface area contributed by atoms with Crippen molar-refractivity contribution >= 4 is 21.6 Å². The Balaban J connectivity index is 3.13. The minimum Gasteiger partial charge on any atom is -0.396 e. The van der Waals surface area contributed by atoms with E-state index < -0.39 is 16.1 Å². The van der Waals surface area contributed by atoms with Crippen molar-refractivity contribution in [2.45, 2.75) is 31.2 Å². The largest absolute Gasteiger partial charge is 0.396 e. The second-order valence-electron chi connectivity index (χ2n) is 4.74. The summed E-state index contributed by atoms with van der Waals surface area (Å²) in [5.74, 6) is 0.0230. The highest BCUT2D eigenvalue weighted by atomic mass is 35.5. The maximum Gasteiger partial charge on any atom is 0.242 e. The Morgan fingerprint density at radius 2 is 2.10 bits per heavy atom. The van der Waals surface area contributed by atoms with Crippen molar-refractivity contribution in [1.29, 1.82) is 5.26 Å². The van der Waals surface area contributed by atoms with E-state index in [0.29, 0.717) is 6.42 Å². The Kier molecular flexibility index (Phi) is 5.96. The van der Waals surface area contributed by atoms with E-state index in [2.05, 4.69) is 4.72 Å². The molecule has 0 radical (unpaired) electrons. The van der Waals surface area contributed by atoms with Crippen molar-refractivity contribution < 1.29 is 13.5 Å². The SMILES string of the molecule is CC(C)C(CCO)NS(=O)(=O)c1cc(C#N)ccc1Cl. The van der Waals surface area contributed by atoms with Gasteiger partial charge in [0.05, 0.1) is 16.7 Å². The lowest BCUT2D eigenvalue weighted by atomic mass is 10.0. The Hall–Kier alpha value is -1.13. The number of aliphatic hydroxyl groups excluding tert-OH is 1. The quantitative estimate of drug-likeness (QED) is 0.838. The number of hydrogen-bond acceptors (Lipinski definition) is 4. The van der Waals surface area contributed by atoms with Crippen LogP contribution in [0, 0.1) is 17.2 Å². The number of sulfonamides is 1. The van der Waals surface area contributed by atoms with E-state index in [4.69, 9.17) is 22.0 Å². The van der Waals surface area contributed by atoms with Gasteiger partial charge < -0.3 is 5.11 Å². The molecule has 0 amide bonds. The molecule has 1 atom stereocenters.